The van der Waals surface area contributed by atoms with Crippen LogP contribution in [0.5, 0.6) is 0 Å². The van der Waals surface area contributed by atoms with Crippen LogP contribution in [-0.4, -0.2) is 45.9 Å². The average Bonchev–Trinajstić information content (AvgIpc) is 2.98. The number of carbonyl (C=O) groups is 2. The Hall–Kier alpha value is -2.99. The molecule has 6 nitrogen and oxygen atoms in total. The number of benzene rings is 1. The number of aliphatic hydroxyl groups is 1. The highest BCUT2D eigenvalue weighted by molar-refractivity contribution is 6.46. The van der Waals surface area contributed by atoms with Gasteiger partial charge in [-0.05, 0) is 43.0 Å². The van der Waals surface area contributed by atoms with Crippen LogP contribution in [0, 0.1) is 0 Å². The molecule has 30 heavy (non-hydrogen) atoms. The number of ether oxygens (including phenoxy) is 1. The summed E-state index contributed by atoms with van der Waals surface area (Å²) >= 11 is 0. The van der Waals surface area contributed by atoms with E-state index in [0.29, 0.717) is 18.1 Å². The van der Waals surface area contributed by atoms with Crippen LogP contribution in [0.25, 0.3) is 5.76 Å². The van der Waals surface area contributed by atoms with Crippen molar-refractivity contribution in [3.63, 3.8) is 0 Å². The molecule has 1 amide bonds. The first-order chi connectivity index (χ1) is 14.3. The number of hydrogen-bond donors (Lipinski definition) is 1. The van der Waals surface area contributed by atoms with E-state index in [9.17, 15) is 14.7 Å². The van der Waals surface area contributed by atoms with Crippen molar-refractivity contribution < 1.29 is 19.4 Å². The Bertz CT molecular complexity index is 933. The fraction of sp³-hybridized carbons (Fsp3) is 0.375. The largest absolute Gasteiger partial charge is 0.507 e. The summed E-state index contributed by atoms with van der Waals surface area (Å²) in [6.45, 7) is 8.61. The molecule has 1 aromatic carbocycles. The number of rotatable bonds is 7. The molecule has 0 aliphatic carbocycles. The SMILES string of the molecule is CC(C)OCCN1C(=O)C(=O)/C(=C(\O)c2ccncc2)C1c1ccc(C(C)C)cc1. The molecule has 1 saturated heterocycles. The van der Waals surface area contributed by atoms with E-state index < -0.39 is 17.7 Å². The van der Waals surface area contributed by atoms with Crippen molar-refractivity contribution in [3.05, 3.63) is 71.1 Å². The van der Waals surface area contributed by atoms with E-state index in [1.54, 1.807) is 12.1 Å². The van der Waals surface area contributed by atoms with Crippen LogP contribution in [0.2, 0.25) is 0 Å². The second-order valence-corrected chi connectivity index (χ2v) is 7.97. The molecule has 6 heteroatoms. The van der Waals surface area contributed by atoms with Gasteiger partial charge in [0.25, 0.3) is 11.7 Å². The summed E-state index contributed by atoms with van der Waals surface area (Å²) in [5, 5.41) is 10.9. The minimum atomic E-state index is -0.688. The smallest absolute Gasteiger partial charge is 0.295 e. The lowest BCUT2D eigenvalue weighted by Gasteiger charge is -2.26. The maximum atomic E-state index is 12.9. The number of likely N-dealkylation sites (tertiary alicyclic amines) is 1. The third-order valence-electron chi connectivity index (χ3n) is 5.20. The lowest BCUT2D eigenvalue weighted by molar-refractivity contribution is -0.140. The van der Waals surface area contributed by atoms with Gasteiger partial charge in [-0.15, -0.1) is 0 Å². The predicted octanol–water partition coefficient (Wildman–Crippen LogP) is 4.05. The zero-order valence-corrected chi connectivity index (χ0v) is 17.8. The molecule has 0 spiro atoms. The van der Waals surface area contributed by atoms with E-state index in [-0.39, 0.29) is 24.0 Å². The van der Waals surface area contributed by atoms with Crippen molar-refractivity contribution in [2.24, 2.45) is 0 Å². The molecule has 1 aromatic heterocycles. The van der Waals surface area contributed by atoms with Crippen molar-refractivity contribution >= 4 is 17.4 Å². The van der Waals surface area contributed by atoms with Gasteiger partial charge in [0, 0.05) is 24.5 Å². The van der Waals surface area contributed by atoms with Crippen LogP contribution >= 0.6 is 0 Å². The number of ketones is 1. The molecule has 1 aliphatic heterocycles. The van der Waals surface area contributed by atoms with Gasteiger partial charge >= 0.3 is 0 Å². The molecule has 1 N–H and O–H groups in total. The van der Waals surface area contributed by atoms with Crippen LogP contribution in [0.15, 0.2) is 54.4 Å². The van der Waals surface area contributed by atoms with Crippen molar-refractivity contribution in [2.75, 3.05) is 13.2 Å². The van der Waals surface area contributed by atoms with Crippen molar-refractivity contribution in [1.82, 2.24) is 9.88 Å². The van der Waals surface area contributed by atoms with Crippen LogP contribution in [0.3, 0.4) is 0 Å². The summed E-state index contributed by atoms with van der Waals surface area (Å²) in [5.41, 5.74) is 2.48. The van der Waals surface area contributed by atoms with E-state index >= 15 is 0 Å². The van der Waals surface area contributed by atoms with E-state index in [1.807, 2.05) is 38.1 Å². The van der Waals surface area contributed by atoms with E-state index in [4.69, 9.17) is 4.74 Å². The summed E-state index contributed by atoms with van der Waals surface area (Å²) in [6.07, 6.45) is 3.09. The summed E-state index contributed by atoms with van der Waals surface area (Å²) in [7, 11) is 0. The minimum Gasteiger partial charge on any atom is -0.507 e. The highest BCUT2D eigenvalue weighted by Gasteiger charge is 2.45. The van der Waals surface area contributed by atoms with Crippen molar-refractivity contribution in [1.29, 1.82) is 0 Å². The van der Waals surface area contributed by atoms with Gasteiger partial charge in [-0.1, -0.05) is 38.1 Å². The number of nitrogens with zero attached hydrogens (tertiary/aromatic N) is 2. The summed E-state index contributed by atoms with van der Waals surface area (Å²) < 4.78 is 5.61. The third kappa shape index (κ3) is 4.44. The van der Waals surface area contributed by atoms with Gasteiger partial charge in [0.2, 0.25) is 0 Å². The second kappa shape index (κ2) is 9.22. The predicted molar refractivity (Wildman–Crippen MR) is 115 cm³/mol. The Kier molecular flexibility index (Phi) is 6.67. The number of Topliss-reactive ketones (excluding diaryl/α,β-unsaturated/α-hetero) is 1. The Morgan fingerprint density at radius 2 is 1.70 bits per heavy atom. The number of carbonyl (C=O) groups excluding carboxylic acids is 2. The van der Waals surface area contributed by atoms with Gasteiger partial charge in [0.05, 0.1) is 24.3 Å². The van der Waals surface area contributed by atoms with E-state index in [2.05, 4.69) is 18.8 Å². The maximum absolute atomic E-state index is 12.9. The van der Waals surface area contributed by atoms with Gasteiger partial charge in [0.15, 0.2) is 0 Å². The molecule has 158 valence electrons. The molecule has 0 radical (unpaired) electrons. The molecule has 0 bridgehead atoms. The first-order valence-corrected chi connectivity index (χ1v) is 10.2. The molecular formula is C24H28N2O4. The highest BCUT2D eigenvalue weighted by atomic mass is 16.5. The van der Waals surface area contributed by atoms with Gasteiger partial charge in [0.1, 0.15) is 5.76 Å². The molecular weight excluding hydrogens is 380 g/mol. The monoisotopic (exact) mass is 408 g/mol. The Labute approximate surface area is 177 Å². The second-order valence-electron chi connectivity index (χ2n) is 7.97. The lowest BCUT2D eigenvalue weighted by Crippen LogP contribution is -2.33. The normalized spacial score (nSPS) is 18.6. The van der Waals surface area contributed by atoms with Crippen LogP contribution in [0.1, 0.15) is 56.3 Å². The average molecular weight is 408 g/mol. The van der Waals surface area contributed by atoms with E-state index in [0.717, 1.165) is 11.1 Å². The topological polar surface area (TPSA) is 79.7 Å². The van der Waals surface area contributed by atoms with Crippen molar-refractivity contribution in [2.45, 2.75) is 45.8 Å². The van der Waals surface area contributed by atoms with Crippen LogP contribution < -0.4 is 0 Å². The molecule has 1 unspecified atom stereocenters. The third-order valence-corrected chi connectivity index (χ3v) is 5.20. The van der Waals surface area contributed by atoms with Crippen LogP contribution in [-0.2, 0) is 14.3 Å². The first-order valence-electron chi connectivity index (χ1n) is 10.2. The summed E-state index contributed by atoms with van der Waals surface area (Å²) in [5.74, 6) is -1.15. The van der Waals surface area contributed by atoms with Gasteiger partial charge in [-0.3, -0.25) is 14.6 Å². The molecule has 0 saturated carbocycles. The van der Waals surface area contributed by atoms with Gasteiger partial charge in [-0.2, -0.15) is 0 Å². The minimum absolute atomic E-state index is 0.0161. The molecule has 1 fully saturated rings. The van der Waals surface area contributed by atoms with Gasteiger partial charge < -0.3 is 14.7 Å². The zero-order chi connectivity index (χ0) is 21.8. The Morgan fingerprint density at radius 1 is 1.07 bits per heavy atom. The Balaban J connectivity index is 2.07. The van der Waals surface area contributed by atoms with E-state index in [1.165, 1.54) is 17.3 Å². The lowest BCUT2D eigenvalue weighted by atomic mass is 9.93. The standard InChI is InChI=1S/C24H28N2O4/c1-15(2)17-5-7-18(8-6-17)21-20(22(27)19-9-11-25-12-10-19)23(28)24(29)26(21)13-14-30-16(3)4/h5-12,15-16,21,27H,13-14H2,1-4H3/b22-20-. The number of aromatic nitrogens is 1. The molecule has 1 aliphatic rings. The highest BCUT2D eigenvalue weighted by Crippen LogP contribution is 2.39. The molecule has 1 atom stereocenters. The van der Waals surface area contributed by atoms with Crippen molar-refractivity contribution in [3.8, 4) is 0 Å². The zero-order valence-electron chi connectivity index (χ0n) is 17.8. The number of aliphatic hydroxyl groups excluding tert-OH is 1. The van der Waals surface area contributed by atoms with Gasteiger partial charge in [-0.25, -0.2) is 0 Å². The first kappa shape index (κ1) is 21.7. The number of hydrogen-bond acceptors (Lipinski definition) is 5. The molecule has 2 heterocycles. The Morgan fingerprint density at radius 3 is 2.27 bits per heavy atom. The molecule has 2 aromatic rings. The molecule has 3 rings (SSSR count). The quantitative estimate of drug-likeness (QED) is 0.425. The van der Waals surface area contributed by atoms with Crippen LogP contribution in [0.4, 0.5) is 0 Å². The maximum Gasteiger partial charge on any atom is 0.295 e. The number of amides is 1. The fourth-order valence-electron chi connectivity index (χ4n) is 3.57. The number of pyridine rings is 1. The summed E-state index contributed by atoms with van der Waals surface area (Å²) in [6, 6.07) is 10.4. The summed E-state index contributed by atoms with van der Waals surface area (Å²) in [4.78, 5) is 31.2. The fourth-order valence-corrected chi connectivity index (χ4v) is 3.57.